The van der Waals surface area contributed by atoms with Gasteiger partial charge < -0.3 is 9.47 Å². The third-order valence-corrected chi connectivity index (χ3v) is 6.14. The van der Waals surface area contributed by atoms with E-state index in [4.69, 9.17) is 14.6 Å². The molecule has 0 saturated carbocycles. The van der Waals surface area contributed by atoms with E-state index in [2.05, 4.69) is 4.99 Å². The molecule has 2 unspecified atom stereocenters. The molecule has 0 fully saturated rings. The lowest BCUT2D eigenvalue weighted by Gasteiger charge is -2.30. The molecule has 2 atom stereocenters. The number of carbonyl (C=O) groups excluding carboxylic acids is 2. The van der Waals surface area contributed by atoms with Gasteiger partial charge in [-0.3, -0.25) is 19.9 Å². The van der Waals surface area contributed by atoms with Gasteiger partial charge in [0.25, 0.3) is 5.69 Å². The number of hydrogen-bond donors (Lipinski definition) is 0. The van der Waals surface area contributed by atoms with Crippen LogP contribution in [-0.4, -0.2) is 46.6 Å². The standard InChI is InChI=1S/C26H24N4O6/c1-15-21(25(31)35-3)23(22(16(2)27-15)26(32)36-4)20-14-29(18-8-6-5-7-9-18)28-24(20)17-10-12-19(13-11-17)30(33)34/h5-14,21,23H,1-4H3. The highest BCUT2D eigenvalue weighted by molar-refractivity contribution is 6.07. The number of nitro benzene ring substituents is 1. The Morgan fingerprint density at radius 2 is 1.67 bits per heavy atom. The van der Waals surface area contributed by atoms with E-state index in [1.807, 2.05) is 30.3 Å². The number of benzene rings is 2. The van der Waals surface area contributed by atoms with Crippen molar-refractivity contribution in [2.75, 3.05) is 14.2 Å². The van der Waals surface area contributed by atoms with Crippen molar-refractivity contribution in [2.24, 2.45) is 10.9 Å². The van der Waals surface area contributed by atoms with Crippen LogP contribution in [0.25, 0.3) is 16.9 Å². The Balaban J connectivity index is 2.00. The predicted octanol–water partition coefficient (Wildman–Crippen LogP) is 4.24. The van der Waals surface area contributed by atoms with Crippen molar-refractivity contribution in [3.05, 3.63) is 87.7 Å². The van der Waals surface area contributed by atoms with Gasteiger partial charge in [-0.2, -0.15) is 5.10 Å². The minimum Gasteiger partial charge on any atom is -0.468 e. The van der Waals surface area contributed by atoms with Gasteiger partial charge in [0.15, 0.2) is 0 Å². The van der Waals surface area contributed by atoms with Crippen LogP contribution in [0.15, 0.2) is 77.1 Å². The van der Waals surface area contributed by atoms with Crippen LogP contribution in [0, 0.1) is 16.0 Å². The zero-order chi connectivity index (χ0) is 26.0. The van der Waals surface area contributed by atoms with E-state index >= 15 is 0 Å². The van der Waals surface area contributed by atoms with Gasteiger partial charge >= 0.3 is 11.9 Å². The number of esters is 2. The number of methoxy groups -OCH3 is 2. The summed E-state index contributed by atoms with van der Waals surface area (Å²) in [4.78, 5) is 41.1. The van der Waals surface area contributed by atoms with Crippen molar-refractivity contribution in [2.45, 2.75) is 19.8 Å². The number of allylic oxidation sites excluding steroid dienone is 1. The number of rotatable bonds is 6. The van der Waals surface area contributed by atoms with E-state index in [-0.39, 0.29) is 11.3 Å². The molecule has 0 radical (unpaired) electrons. The molecule has 3 aromatic rings. The van der Waals surface area contributed by atoms with Crippen LogP contribution in [0.3, 0.4) is 0 Å². The summed E-state index contributed by atoms with van der Waals surface area (Å²) in [6.07, 6.45) is 1.75. The van der Waals surface area contributed by atoms with Gasteiger partial charge in [-0.25, -0.2) is 9.48 Å². The zero-order valence-corrected chi connectivity index (χ0v) is 20.2. The highest BCUT2D eigenvalue weighted by Gasteiger charge is 2.44. The number of aliphatic imine (C=N–C) groups is 1. The second kappa shape index (κ2) is 9.95. The van der Waals surface area contributed by atoms with Crippen LogP contribution in [-0.2, 0) is 19.1 Å². The van der Waals surface area contributed by atoms with E-state index in [0.717, 1.165) is 5.69 Å². The summed E-state index contributed by atoms with van der Waals surface area (Å²) in [6, 6.07) is 15.3. The fraction of sp³-hybridized carbons (Fsp3) is 0.231. The molecule has 4 rings (SSSR count). The van der Waals surface area contributed by atoms with Crippen LogP contribution in [0.5, 0.6) is 0 Å². The highest BCUT2D eigenvalue weighted by Crippen LogP contribution is 2.43. The minimum absolute atomic E-state index is 0.0677. The van der Waals surface area contributed by atoms with E-state index in [9.17, 15) is 19.7 Å². The first-order valence-electron chi connectivity index (χ1n) is 11.1. The van der Waals surface area contributed by atoms with Crippen LogP contribution in [0.1, 0.15) is 25.3 Å². The van der Waals surface area contributed by atoms with Gasteiger partial charge in [0, 0.05) is 46.8 Å². The summed E-state index contributed by atoms with van der Waals surface area (Å²) < 4.78 is 11.8. The van der Waals surface area contributed by atoms with E-state index in [0.29, 0.717) is 28.2 Å². The zero-order valence-electron chi connectivity index (χ0n) is 20.2. The molecule has 0 bridgehead atoms. The van der Waals surface area contributed by atoms with Gasteiger partial charge in [-0.05, 0) is 38.1 Å². The summed E-state index contributed by atoms with van der Waals surface area (Å²) in [6.45, 7) is 3.39. The van der Waals surface area contributed by atoms with Gasteiger partial charge in [0.05, 0.1) is 36.1 Å². The smallest absolute Gasteiger partial charge is 0.336 e. The molecule has 1 aromatic heterocycles. The summed E-state index contributed by atoms with van der Waals surface area (Å²) in [7, 11) is 2.54. The Kier molecular flexibility index (Phi) is 6.77. The first-order chi connectivity index (χ1) is 17.3. The largest absolute Gasteiger partial charge is 0.468 e. The van der Waals surface area contributed by atoms with E-state index in [1.165, 1.54) is 26.4 Å². The Labute approximate surface area is 207 Å². The first kappa shape index (κ1) is 24.5. The number of nitro groups is 1. The van der Waals surface area contributed by atoms with Crippen molar-refractivity contribution in [3.63, 3.8) is 0 Å². The maximum Gasteiger partial charge on any atom is 0.336 e. The molecule has 36 heavy (non-hydrogen) atoms. The van der Waals surface area contributed by atoms with Gasteiger partial charge in [0.1, 0.15) is 5.92 Å². The molecule has 1 aliphatic heterocycles. The maximum absolute atomic E-state index is 13.0. The number of carbonyl (C=O) groups is 2. The Hall–Kier alpha value is -4.60. The Bertz CT molecular complexity index is 1390. The fourth-order valence-corrected chi connectivity index (χ4v) is 4.47. The average Bonchev–Trinajstić information content (AvgIpc) is 3.33. The third kappa shape index (κ3) is 4.40. The Morgan fingerprint density at radius 3 is 2.25 bits per heavy atom. The molecule has 1 aliphatic rings. The Morgan fingerprint density at radius 1 is 1.00 bits per heavy atom. The first-order valence-corrected chi connectivity index (χ1v) is 11.1. The SMILES string of the molecule is COC(=O)C1=C(C)N=C(C)C(C(=O)OC)C1c1cn(-c2ccccc2)nc1-c1ccc([N+](=O)[O-])cc1. The van der Waals surface area contributed by atoms with Gasteiger partial charge in [-0.1, -0.05) is 18.2 Å². The van der Waals surface area contributed by atoms with Gasteiger partial charge in [0.2, 0.25) is 0 Å². The number of ether oxygens (including phenoxy) is 2. The summed E-state index contributed by atoms with van der Waals surface area (Å²) >= 11 is 0. The quantitative estimate of drug-likeness (QED) is 0.288. The number of hydrogen-bond acceptors (Lipinski definition) is 8. The molecule has 0 spiro atoms. The lowest BCUT2D eigenvalue weighted by atomic mass is 9.75. The summed E-state index contributed by atoms with van der Waals surface area (Å²) in [5, 5.41) is 16.0. The van der Waals surface area contributed by atoms with Crippen molar-refractivity contribution in [1.82, 2.24) is 9.78 Å². The fourth-order valence-electron chi connectivity index (χ4n) is 4.47. The number of aromatic nitrogens is 2. The second-order valence-corrected chi connectivity index (χ2v) is 8.24. The molecule has 10 nitrogen and oxygen atoms in total. The lowest BCUT2D eigenvalue weighted by Crippen LogP contribution is -2.36. The molecular weight excluding hydrogens is 464 g/mol. The summed E-state index contributed by atoms with van der Waals surface area (Å²) in [5.74, 6) is -2.90. The van der Waals surface area contributed by atoms with Crippen LogP contribution in [0.4, 0.5) is 5.69 Å². The van der Waals surface area contributed by atoms with Crippen molar-refractivity contribution in [1.29, 1.82) is 0 Å². The molecule has 10 heteroatoms. The monoisotopic (exact) mass is 488 g/mol. The minimum atomic E-state index is -0.905. The van der Waals surface area contributed by atoms with E-state index in [1.54, 1.807) is 36.9 Å². The van der Waals surface area contributed by atoms with Crippen LogP contribution in [0.2, 0.25) is 0 Å². The normalized spacial score (nSPS) is 17.4. The molecule has 0 saturated heterocycles. The van der Waals surface area contributed by atoms with Crippen molar-refractivity contribution < 1.29 is 24.0 Å². The predicted molar refractivity (Wildman–Crippen MR) is 132 cm³/mol. The molecule has 2 aromatic carbocycles. The molecule has 0 aliphatic carbocycles. The molecule has 2 heterocycles. The maximum atomic E-state index is 13.0. The van der Waals surface area contributed by atoms with Crippen LogP contribution < -0.4 is 0 Å². The van der Waals surface area contributed by atoms with Crippen molar-refractivity contribution >= 4 is 23.3 Å². The summed E-state index contributed by atoms with van der Waals surface area (Å²) in [5.41, 5.74) is 3.40. The van der Waals surface area contributed by atoms with Crippen molar-refractivity contribution in [3.8, 4) is 16.9 Å². The number of non-ortho nitro benzene ring substituents is 1. The molecule has 0 N–H and O–H groups in total. The molecular formula is C26H24N4O6. The topological polar surface area (TPSA) is 126 Å². The second-order valence-electron chi connectivity index (χ2n) is 8.24. The lowest BCUT2D eigenvalue weighted by molar-refractivity contribution is -0.384. The number of nitrogens with zero attached hydrogens (tertiary/aromatic N) is 4. The highest BCUT2D eigenvalue weighted by atomic mass is 16.6. The third-order valence-electron chi connectivity index (χ3n) is 6.14. The van der Waals surface area contributed by atoms with E-state index < -0.39 is 28.7 Å². The molecule has 0 amide bonds. The van der Waals surface area contributed by atoms with Crippen LogP contribution >= 0.6 is 0 Å². The average molecular weight is 489 g/mol. The number of para-hydroxylation sites is 1. The molecule has 184 valence electrons. The van der Waals surface area contributed by atoms with Gasteiger partial charge in [-0.15, -0.1) is 0 Å².